The highest BCUT2D eigenvalue weighted by Crippen LogP contribution is 2.13. The van der Waals surface area contributed by atoms with E-state index in [0.29, 0.717) is 18.3 Å². The second-order valence-electron chi connectivity index (χ2n) is 4.32. The van der Waals surface area contributed by atoms with Crippen molar-refractivity contribution in [2.24, 2.45) is 5.92 Å². The summed E-state index contributed by atoms with van der Waals surface area (Å²) in [7, 11) is 0. The molecule has 2 heterocycles. The van der Waals surface area contributed by atoms with Gasteiger partial charge in [0.15, 0.2) is 5.75 Å². The van der Waals surface area contributed by atoms with Crippen molar-refractivity contribution < 1.29 is 4.74 Å². The Morgan fingerprint density at radius 3 is 3.12 bits per heavy atom. The number of aromatic nitrogens is 1. The standard InChI is InChI=1S/C12H18N2O2/c1-9-12(11(15)4-6-14-9)16-8-10-3-2-5-13-7-10/h4,6,10,13H,2-3,5,7-8H2,1H3,(H,14,15). The third-order valence-electron chi connectivity index (χ3n) is 2.96. The third-order valence-corrected chi connectivity index (χ3v) is 2.96. The van der Waals surface area contributed by atoms with E-state index in [1.165, 1.54) is 18.9 Å². The first-order chi connectivity index (χ1) is 7.77. The van der Waals surface area contributed by atoms with Crippen LogP contribution in [0.3, 0.4) is 0 Å². The summed E-state index contributed by atoms with van der Waals surface area (Å²) in [6.45, 7) is 4.57. The normalized spacial score (nSPS) is 20.7. The van der Waals surface area contributed by atoms with E-state index in [0.717, 1.165) is 18.8 Å². The first-order valence-corrected chi connectivity index (χ1v) is 5.79. The predicted octanol–water partition coefficient (Wildman–Crippen LogP) is 1.06. The molecule has 4 nitrogen and oxygen atoms in total. The van der Waals surface area contributed by atoms with E-state index in [1.807, 2.05) is 6.92 Å². The van der Waals surface area contributed by atoms with Crippen LogP contribution >= 0.6 is 0 Å². The lowest BCUT2D eigenvalue weighted by Crippen LogP contribution is -2.33. The summed E-state index contributed by atoms with van der Waals surface area (Å²) >= 11 is 0. The molecular weight excluding hydrogens is 204 g/mol. The summed E-state index contributed by atoms with van der Waals surface area (Å²) in [5, 5.41) is 3.33. The van der Waals surface area contributed by atoms with E-state index in [1.54, 1.807) is 6.20 Å². The highest BCUT2D eigenvalue weighted by molar-refractivity contribution is 5.25. The highest BCUT2D eigenvalue weighted by Gasteiger charge is 2.14. The molecule has 4 heteroatoms. The van der Waals surface area contributed by atoms with Gasteiger partial charge in [-0.05, 0) is 26.3 Å². The van der Waals surface area contributed by atoms with Gasteiger partial charge in [-0.15, -0.1) is 0 Å². The third kappa shape index (κ3) is 2.64. The zero-order valence-corrected chi connectivity index (χ0v) is 9.58. The van der Waals surface area contributed by atoms with Crippen molar-refractivity contribution in [3.05, 3.63) is 28.2 Å². The first-order valence-electron chi connectivity index (χ1n) is 5.79. The Hall–Kier alpha value is -1.29. The number of ether oxygens (including phenoxy) is 1. The number of pyridine rings is 1. The van der Waals surface area contributed by atoms with E-state index in [9.17, 15) is 4.79 Å². The minimum atomic E-state index is -0.0416. The van der Waals surface area contributed by atoms with Gasteiger partial charge in [0.25, 0.3) is 0 Å². The Morgan fingerprint density at radius 1 is 1.56 bits per heavy atom. The number of aryl methyl sites for hydroxylation is 1. The minimum Gasteiger partial charge on any atom is -0.487 e. The molecule has 1 aliphatic heterocycles. The number of rotatable bonds is 3. The number of nitrogens with one attached hydrogen (secondary N) is 2. The zero-order valence-electron chi connectivity index (χ0n) is 9.58. The molecule has 1 aromatic heterocycles. The quantitative estimate of drug-likeness (QED) is 0.804. The molecule has 0 spiro atoms. The molecule has 1 saturated heterocycles. The lowest BCUT2D eigenvalue weighted by molar-refractivity contribution is 0.215. The van der Waals surface area contributed by atoms with Gasteiger partial charge in [0.1, 0.15) is 0 Å². The van der Waals surface area contributed by atoms with Crippen LogP contribution in [-0.4, -0.2) is 24.7 Å². The summed E-state index contributed by atoms with van der Waals surface area (Å²) in [6, 6.07) is 1.50. The van der Waals surface area contributed by atoms with Crippen LogP contribution in [0.1, 0.15) is 18.5 Å². The zero-order chi connectivity index (χ0) is 11.4. The lowest BCUT2D eigenvalue weighted by atomic mass is 10.0. The maximum atomic E-state index is 11.6. The van der Waals surface area contributed by atoms with E-state index >= 15 is 0 Å². The van der Waals surface area contributed by atoms with Crippen molar-refractivity contribution in [2.75, 3.05) is 19.7 Å². The Bertz CT molecular complexity index is 394. The molecule has 0 aliphatic carbocycles. The molecule has 1 fully saturated rings. The number of piperidine rings is 1. The maximum Gasteiger partial charge on any atom is 0.223 e. The van der Waals surface area contributed by atoms with Crippen LogP contribution in [0.15, 0.2) is 17.1 Å². The van der Waals surface area contributed by atoms with Gasteiger partial charge in [-0.2, -0.15) is 0 Å². The van der Waals surface area contributed by atoms with Gasteiger partial charge in [0, 0.05) is 24.7 Å². The largest absolute Gasteiger partial charge is 0.487 e. The first kappa shape index (κ1) is 11.2. The second-order valence-corrected chi connectivity index (χ2v) is 4.32. The summed E-state index contributed by atoms with van der Waals surface area (Å²) in [5.74, 6) is 0.987. The molecular formula is C12H18N2O2. The van der Waals surface area contributed by atoms with Crippen LogP contribution in [0, 0.1) is 12.8 Å². The van der Waals surface area contributed by atoms with E-state index in [2.05, 4.69) is 10.3 Å². The molecule has 0 bridgehead atoms. The minimum absolute atomic E-state index is 0.0416. The maximum absolute atomic E-state index is 11.6. The Morgan fingerprint density at radius 2 is 2.44 bits per heavy atom. The summed E-state index contributed by atoms with van der Waals surface area (Å²) in [6.07, 6.45) is 4.02. The van der Waals surface area contributed by atoms with Gasteiger partial charge >= 0.3 is 0 Å². The van der Waals surface area contributed by atoms with Gasteiger partial charge in [-0.1, -0.05) is 0 Å². The average molecular weight is 222 g/mol. The molecule has 16 heavy (non-hydrogen) atoms. The van der Waals surface area contributed by atoms with Crippen LogP contribution < -0.4 is 15.5 Å². The number of aromatic amines is 1. The van der Waals surface area contributed by atoms with Crippen LogP contribution in [0.2, 0.25) is 0 Å². The topological polar surface area (TPSA) is 54.1 Å². The fourth-order valence-corrected chi connectivity index (χ4v) is 2.02. The van der Waals surface area contributed by atoms with Crippen molar-refractivity contribution >= 4 is 0 Å². The van der Waals surface area contributed by atoms with E-state index in [4.69, 9.17) is 4.74 Å². The van der Waals surface area contributed by atoms with Crippen molar-refractivity contribution in [1.29, 1.82) is 0 Å². The molecule has 0 aromatic carbocycles. The number of H-pyrrole nitrogens is 1. The number of hydrogen-bond acceptors (Lipinski definition) is 3. The Balaban J connectivity index is 1.96. The molecule has 0 amide bonds. The van der Waals surface area contributed by atoms with Crippen LogP contribution in [0.4, 0.5) is 0 Å². The second kappa shape index (κ2) is 5.16. The van der Waals surface area contributed by atoms with Crippen LogP contribution in [0.25, 0.3) is 0 Å². The van der Waals surface area contributed by atoms with Gasteiger partial charge in [-0.25, -0.2) is 0 Å². The summed E-state index contributed by atoms with van der Waals surface area (Å²) < 4.78 is 5.62. The Labute approximate surface area is 95.0 Å². The van der Waals surface area contributed by atoms with Crippen molar-refractivity contribution in [3.8, 4) is 5.75 Å². The van der Waals surface area contributed by atoms with Gasteiger partial charge in [-0.3, -0.25) is 4.79 Å². The molecule has 0 saturated carbocycles. The summed E-state index contributed by atoms with van der Waals surface area (Å²) in [4.78, 5) is 14.5. The molecule has 1 atom stereocenters. The fraction of sp³-hybridized carbons (Fsp3) is 0.583. The van der Waals surface area contributed by atoms with Gasteiger partial charge in [0.2, 0.25) is 5.43 Å². The molecule has 2 rings (SSSR count). The van der Waals surface area contributed by atoms with Crippen molar-refractivity contribution in [2.45, 2.75) is 19.8 Å². The van der Waals surface area contributed by atoms with Crippen LogP contribution in [-0.2, 0) is 0 Å². The monoisotopic (exact) mass is 222 g/mol. The summed E-state index contributed by atoms with van der Waals surface area (Å²) in [5.41, 5.74) is 0.760. The lowest BCUT2D eigenvalue weighted by Gasteiger charge is -2.22. The van der Waals surface area contributed by atoms with Gasteiger partial charge in [0.05, 0.1) is 12.3 Å². The molecule has 2 N–H and O–H groups in total. The molecule has 88 valence electrons. The molecule has 1 unspecified atom stereocenters. The Kier molecular flexibility index (Phi) is 3.62. The van der Waals surface area contributed by atoms with Crippen molar-refractivity contribution in [3.63, 3.8) is 0 Å². The smallest absolute Gasteiger partial charge is 0.223 e. The highest BCUT2D eigenvalue weighted by atomic mass is 16.5. The number of hydrogen-bond donors (Lipinski definition) is 2. The van der Waals surface area contributed by atoms with Gasteiger partial charge < -0.3 is 15.0 Å². The van der Waals surface area contributed by atoms with Crippen LogP contribution in [0.5, 0.6) is 5.75 Å². The van der Waals surface area contributed by atoms with Crippen molar-refractivity contribution in [1.82, 2.24) is 10.3 Å². The average Bonchev–Trinajstić information content (AvgIpc) is 2.30. The molecule has 0 radical (unpaired) electrons. The molecule has 1 aromatic rings. The predicted molar refractivity (Wildman–Crippen MR) is 62.9 cm³/mol. The van der Waals surface area contributed by atoms with E-state index < -0.39 is 0 Å². The van der Waals surface area contributed by atoms with E-state index in [-0.39, 0.29) is 5.43 Å². The molecule has 1 aliphatic rings. The SMILES string of the molecule is Cc1[nH]ccc(=O)c1OCC1CCCNC1. The fourth-order valence-electron chi connectivity index (χ4n) is 2.02.